The van der Waals surface area contributed by atoms with Crippen LogP contribution >= 0.6 is 22.6 Å². The minimum atomic E-state index is -0.363. The van der Waals surface area contributed by atoms with Crippen LogP contribution in [0.25, 0.3) is 0 Å². The average Bonchev–Trinajstić information content (AvgIpc) is 2.18. The molecule has 2 atom stereocenters. The van der Waals surface area contributed by atoms with E-state index in [9.17, 15) is 4.79 Å². The number of rotatable bonds is 3. The SMILES string of the molecule is COC1=CC[C@@H]([C@@H](C)/C=C\I)OC1=O. The fourth-order valence-corrected chi connectivity index (χ4v) is 1.93. The minimum absolute atomic E-state index is 0.0626. The summed E-state index contributed by atoms with van der Waals surface area (Å²) in [5.41, 5.74) is 0. The summed E-state index contributed by atoms with van der Waals surface area (Å²) < 4.78 is 12.0. The summed E-state index contributed by atoms with van der Waals surface area (Å²) in [6.07, 6.45) is 4.46. The van der Waals surface area contributed by atoms with Gasteiger partial charge in [0.25, 0.3) is 0 Å². The van der Waals surface area contributed by atoms with Crippen LogP contribution < -0.4 is 0 Å². The van der Waals surface area contributed by atoms with E-state index in [4.69, 9.17) is 9.47 Å². The molecule has 1 aliphatic heterocycles. The number of carbonyl (C=O) groups is 1. The third-order valence-corrected chi connectivity index (χ3v) is 2.59. The van der Waals surface area contributed by atoms with Crippen LogP contribution in [0.3, 0.4) is 0 Å². The van der Waals surface area contributed by atoms with E-state index in [1.807, 2.05) is 17.1 Å². The van der Waals surface area contributed by atoms with Gasteiger partial charge in [-0.25, -0.2) is 4.79 Å². The first-order valence-electron chi connectivity index (χ1n) is 4.41. The van der Waals surface area contributed by atoms with Gasteiger partial charge >= 0.3 is 5.97 Å². The molecule has 0 N–H and O–H groups in total. The molecule has 0 aromatic rings. The number of methoxy groups -OCH3 is 1. The molecule has 0 saturated heterocycles. The summed E-state index contributed by atoms with van der Waals surface area (Å²) in [7, 11) is 1.47. The van der Waals surface area contributed by atoms with Crippen LogP contribution in [0.1, 0.15) is 13.3 Å². The second kappa shape index (κ2) is 5.38. The number of hydrogen-bond donors (Lipinski definition) is 0. The van der Waals surface area contributed by atoms with Gasteiger partial charge in [-0.3, -0.25) is 0 Å². The number of hydrogen-bond acceptors (Lipinski definition) is 3. The number of carbonyl (C=O) groups excluding carboxylic acids is 1. The van der Waals surface area contributed by atoms with E-state index in [0.717, 1.165) is 6.42 Å². The third kappa shape index (κ3) is 2.73. The van der Waals surface area contributed by atoms with Gasteiger partial charge in [0.2, 0.25) is 0 Å². The van der Waals surface area contributed by atoms with Crippen molar-refractivity contribution in [2.24, 2.45) is 5.92 Å². The van der Waals surface area contributed by atoms with E-state index in [-0.39, 0.29) is 18.0 Å². The van der Waals surface area contributed by atoms with Gasteiger partial charge in [-0.05, 0) is 10.2 Å². The molecule has 1 rings (SSSR count). The van der Waals surface area contributed by atoms with Gasteiger partial charge in [-0.15, -0.1) is 0 Å². The maximum Gasteiger partial charge on any atom is 0.373 e. The molecule has 0 aliphatic carbocycles. The van der Waals surface area contributed by atoms with Gasteiger partial charge in [0, 0.05) is 12.3 Å². The van der Waals surface area contributed by atoms with Crippen LogP contribution in [0.4, 0.5) is 0 Å². The minimum Gasteiger partial charge on any atom is -0.490 e. The Balaban J connectivity index is 2.63. The highest BCUT2D eigenvalue weighted by molar-refractivity contribution is 14.1. The third-order valence-electron chi connectivity index (χ3n) is 2.18. The van der Waals surface area contributed by atoms with Crippen LogP contribution in [0, 0.1) is 5.92 Å². The van der Waals surface area contributed by atoms with Crippen LogP contribution in [0.2, 0.25) is 0 Å². The van der Waals surface area contributed by atoms with Gasteiger partial charge in [-0.1, -0.05) is 35.6 Å². The maximum atomic E-state index is 11.3. The monoisotopic (exact) mass is 308 g/mol. The summed E-state index contributed by atoms with van der Waals surface area (Å²) in [5.74, 6) is 0.190. The Hall–Kier alpha value is -0.520. The largest absolute Gasteiger partial charge is 0.490 e. The maximum absolute atomic E-state index is 11.3. The lowest BCUT2D eigenvalue weighted by atomic mass is 10.0. The summed E-state index contributed by atoms with van der Waals surface area (Å²) in [4.78, 5) is 11.3. The van der Waals surface area contributed by atoms with Gasteiger partial charge in [-0.2, -0.15) is 0 Å². The van der Waals surface area contributed by atoms with Crippen LogP contribution in [-0.4, -0.2) is 19.2 Å². The Morgan fingerprint density at radius 2 is 2.50 bits per heavy atom. The zero-order valence-electron chi connectivity index (χ0n) is 8.20. The fourth-order valence-electron chi connectivity index (χ4n) is 1.28. The second-order valence-corrected chi connectivity index (χ2v) is 3.85. The highest BCUT2D eigenvalue weighted by Crippen LogP contribution is 2.21. The van der Waals surface area contributed by atoms with Crippen molar-refractivity contribution >= 4 is 28.6 Å². The first-order chi connectivity index (χ1) is 6.69. The molecule has 0 unspecified atom stereocenters. The van der Waals surface area contributed by atoms with Crippen LogP contribution in [-0.2, 0) is 14.3 Å². The van der Waals surface area contributed by atoms with Crippen LogP contribution in [0.15, 0.2) is 22.0 Å². The van der Waals surface area contributed by atoms with Gasteiger partial charge in [0.1, 0.15) is 6.10 Å². The van der Waals surface area contributed by atoms with Crippen molar-refractivity contribution in [1.29, 1.82) is 0 Å². The Kier molecular flexibility index (Phi) is 4.44. The fraction of sp³-hybridized carbons (Fsp3) is 0.500. The van der Waals surface area contributed by atoms with Crippen molar-refractivity contribution in [2.75, 3.05) is 7.11 Å². The van der Waals surface area contributed by atoms with Crippen molar-refractivity contribution in [2.45, 2.75) is 19.4 Å². The number of cyclic esters (lactones) is 1. The Labute approximate surface area is 97.3 Å². The lowest BCUT2D eigenvalue weighted by Crippen LogP contribution is -2.28. The molecule has 3 nitrogen and oxygen atoms in total. The summed E-state index contributed by atoms with van der Waals surface area (Å²) in [6.45, 7) is 2.03. The van der Waals surface area contributed by atoms with E-state index in [1.165, 1.54) is 7.11 Å². The normalized spacial score (nSPS) is 24.4. The smallest absolute Gasteiger partial charge is 0.373 e. The summed E-state index contributed by atoms with van der Waals surface area (Å²) in [6, 6.07) is 0. The van der Waals surface area contributed by atoms with Crippen LogP contribution in [0.5, 0.6) is 0 Å². The van der Waals surface area contributed by atoms with Crippen molar-refractivity contribution in [3.8, 4) is 0 Å². The number of ether oxygens (including phenoxy) is 2. The van der Waals surface area contributed by atoms with E-state index in [1.54, 1.807) is 6.08 Å². The zero-order chi connectivity index (χ0) is 10.6. The van der Waals surface area contributed by atoms with Crippen molar-refractivity contribution in [1.82, 2.24) is 0 Å². The molecule has 0 bridgehead atoms. The Bertz CT molecular complexity index is 271. The average molecular weight is 308 g/mol. The van der Waals surface area contributed by atoms with Crippen molar-refractivity contribution < 1.29 is 14.3 Å². The van der Waals surface area contributed by atoms with Crippen molar-refractivity contribution in [3.05, 3.63) is 22.0 Å². The molecule has 1 heterocycles. The molecule has 0 amide bonds. The lowest BCUT2D eigenvalue weighted by Gasteiger charge is -2.24. The molecule has 4 heteroatoms. The zero-order valence-corrected chi connectivity index (χ0v) is 10.4. The topological polar surface area (TPSA) is 35.5 Å². The van der Waals surface area contributed by atoms with Gasteiger partial charge in [0.15, 0.2) is 5.76 Å². The summed E-state index contributed by atoms with van der Waals surface area (Å²) >= 11 is 2.15. The van der Waals surface area contributed by atoms with Gasteiger partial charge < -0.3 is 9.47 Å². The van der Waals surface area contributed by atoms with E-state index < -0.39 is 0 Å². The number of halogens is 1. The Morgan fingerprint density at radius 3 is 3.00 bits per heavy atom. The molecule has 0 radical (unpaired) electrons. The van der Waals surface area contributed by atoms with Gasteiger partial charge in [0.05, 0.1) is 7.11 Å². The van der Waals surface area contributed by atoms with E-state index >= 15 is 0 Å². The first kappa shape index (κ1) is 11.6. The second-order valence-electron chi connectivity index (χ2n) is 3.13. The molecular formula is C10H13IO3. The molecule has 1 aliphatic rings. The highest BCUT2D eigenvalue weighted by atomic mass is 127. The van der Waals surface area contributed by atoms with E-state index in [2.05, 4.69) is 22.6 Å². The standard InChI is InChI=1S/C10H13IO3/c1-7(5-6-11)8-3-4-9(13-2)10(12)14-8/h4-8H,3H2,1-2H3/b6-5-/t7-,8-/m0/s1. The number of esters is 1. The predicted molar refractivity (Wildman–Crippen MR) is 61.9 cm³/mol. The molecule has 14 heavy (non-hydrogen) atoms. The first-order valence-corrected chi connectivity index (χ1v) is 5.65. The quantitative estimate of drug-likeness (QED) is 0.593. The predicted octanol–water partition coefficient (Wildman–Crippen LogP) is 2.42. The molecule has 0 aromatic heterocycles. The highest BCUT2D eigenvalue weighted by Gasteiger charge is 2.26. The lowest BCUT2D eigenvalue weighted by molar-refractivity contribution is -0.151. The summed E-state index contributed by atoms with van der Waals surface area (Å²) in [5, 5.41) is 0. The molecule has 0 fully saturated rings. The molecule has 0 spiro atoms. The molecule has 78 valence electrons. The van der Waals surface area contributed by atoms with Crippen molar-refractivity contribution in [3.63, 3.8) is 0 Å². The molecule has 0 aromatic carbocycles. The molecule has 0 saturated carbocycles. The van der Waals surface area contributed by atoms with E-state index in [0.29, 0.717) is 5.76 Å². The molecular weight excluding hydrogens is 295 g/mol. The Morgan fingerprint density at radius 1 is 1.79 bits per heavy atom.